The number of rotatable bonds is 2. The van der Waals surface area contributed by atoms with E-state index in [9.17, 15) is 4.39 Å². The van der Waals surface area contributed by atoms with Gasteiger partial charge < -0.3 is 10.1 Å². The number of aromatic amines is 1. The first-order valence-corrected chi connectivity index (χ1v) is 5.84. The van der Waals surface area contributed by atoms with Crippen molar-refractivity contribution in [3.63, 3.8) is 0 Å². The second-order valence-corrected chi connectivity index (χ2v) is 4.26. The molecular weight excluding hydrogens is 221 g/mol. The summed E-state index contributed by atoms with van der Waals surface area (Å²) in [7, 11) is 0. The molecule has 2 heterocycles. The summed E-state index contributed by atoms with van der Waals surface area (Å²) in [4.78, 5) is 0. The van der Waals surface area contributed by atoms with Crippen molar-refractivity contribution in [1.82, 2.24) is 15.5 Å². The summed E-state index contributed by atoms with van der Waals surface area (Å²) in [6.07, 6.45) is 1.99. The first-order chi connectivity index (χ1) is 8.34. The Bertz CT molecular complexity index is 519. The van der Waals surface area contributed by atoms with Crippen molar-refractivity contribution in [3.05, 3.63) is 24.0 Å². The Morgan fingerprint density at radius 3 is 2.94 bits per heavy atom. The average molecular weight is 235 g/mol. The standard InChI is InChI=1S/C12H14FN3O/c13-9-2-1-3-10-11(9)12(16-15-10)17-8-4-6-14-7-5-8/h1-3,8,14H,4-7H2,(H,15,16). The van der Waals surface area contributed by atoms with Crippen LogP contribution in [0.3, 0.4) is 0 Å². The molecule has 0 aliphatic carbocycles. The van der Waals surface area contributed by atoms with E-state index in [1.165, 1.54) is 6.07 Å². The monoisotopic (exact) mass is 235 g/mol. The lowest BCUT2D eigenvalue weighted by atomic mass is 10.1. The molecule has 0 atom stereocenters. The van der Waals surface area contributed by atoms with Gasteiger partial charge in [-0.2, -0.15) is 0 Å². The van der Waals surface area contributed by atoms with Crippen LogP contribution in [0.1, 0.15) is 12.8 Å². The lowest BCUT2D eigenvalue weighted by Crippen LogP contribution is -2.34. The Kier molecular flexibility index (Phi) is 2.68. The highest BCUT2D eigenvalue weighted by atomic mass is 19.1. The second-order valence-electron chi connectivity index (χ2n) is 4.26. The summed E-state index contributed by atoms with van der Waals surface area (Å²) >= 11 is 0. The van der Waals surface area contributed by atoms with Crippen molar-refractivity contribution in [2.45, 2.75) is 18.9 Å². The van der Waals surface area contributed by atoms with Crippen LogP contribution >= 0.6 is 0 Å². The van der Waals surface area contributed by atoms with Gasteiger partial charge in [-0.1, -0.05) is 6.07 Å². The van der Waals surface area contributed by atoms with Gasteiger partial charge in [0.2, 0.25) is 5.88 Å². The SMILES string of the molecule is Fc1cccc2[nH]nc(OC3CCNCC3)c12. The Hall–Kier alpha value is -1.62. The van der Waals surface area contributed by atoms with Crippen molar-refractivity contribution >= 4 is 10.9 Å². The zero-order valence-corrected chi connectivity index (χ0v) is 9.37. The van der Waals surface area contributed by atoms with Crippen LogP contribution in [0.2, 0.25) is 0 Å². The van der Waals surface area contributed by atoms with E-state index >= 15 is 0 Å². The van der Waals surface area contributed by atoms with Crippen molar-refractivity contribution in [3.8, 4) is 5.88 Å². The molecule has 2 N–H and O–H groups in total. The fourth-order valence-electron chi connectivity index (χ4n) is 2.16. The summed E-state index contributed by atoms with van der Waals surface area (Å²) in [5.74, 6) is 0.0881. The van der Waals surface area contributed by atoms with Crippen LogP contribution in [-0.2, 0) is 0 Å². The molecule has 0 saturated carbocycles. The third-order valence-electron chi connectivity index (χ3n) is 3.07. The lowest BCUT2D eigenvalue weighted by molar-refractivity contribution is 0.157. The molecule has 3 rings (SSSR count). The van der Waals surface area contributed by atoms with Crippen LogP contribution in [0, 0.1) is 5.82 Å². The first-order valence-electron chi connectivity index (χ1n) is 5.84. The molecule has 1 fully saturated rings. The number of aromatic nitrogens is 2. The number of ether oxygens (including phenoxy) is 1. The zero-order valence-electron chi connectivity index (χ0n) is 9.37. The van der Waals surface area contributed by atoms with E-state index in [1.54, 1.807) is 12.1 Å². The molecule has 1 saturated heterocycles. The van der Waals surface area contributed by atoms with Crippen molar-refractivity contribution in [1.29, 1.82) is 0 Å². The molecule has 0 amide bonds. The van der Waals surface area contributed by atoms with E-state index < -0.39 is 0 Å². The minimum atomic E-state index is -0.291. The Labute approximate surface area is 98.2 Å². The molecule has 0 bridgehead atoms. The van der Waals surface area contributed by atoms with E-state index in [0.717, 1.165) is 25.9 Å². The van der Waals surface area contributed by atoms with Gasteiger partial charge in [-0.3, -0.25) is 5.10 Å². The maximum atomic E-state index is 13.7. The largest absolute Gasteiger partial charge is 0.473 e. The molecule has 90 valence electrons. The fraction of sp³-hybridized carbons (Fsp3) is 0.417. The van der Waals surface area contributed by atoms with Gasteiger partial charge in [0.15, 0.2) is 0 Å². The predicted octanol–water partition coefficient (Wildman–Crippen LogP) is 1.83. The van der Waals surface area contributed by atoms with Crippen LogP contribution in [0.4, 0.5) is 4.39 Å². The number of H-pyrrole nitrogens is 1. The molecule has 1 aliphatic rings. The Morgan fingerprint density at radius 2 is 2.12 bits per heavy atom. The van der Waals surface area contributed by atoms with Gasteiger partial charge in [0.1, 0.15) is 11.9 Å². The Morgan fingerprint density at radius 1 is 1.29 bits per heavy atom. The number of benzene rings is 1. The second kappa shape index (κ2) is 4.33. The molecule has 1 aromatic carbocycles. The molecule has 2 aromatic rings. The number of halogens is 1. The molecule has 0 unspecified atom stereocenters. The number of hydrogen-bond donors (Lipinski definition) is 2. The summed E-state index contributed by atoms with van der Waals surface area (Å²) in [5, 5.41) is 10.5. The third-order valence-corrected chi connectivity index (χ3v) is 3.07. The van der Waals surface area contributed by atoms with Gasteiger partial charge in [-0.05, 0) is 38.1 Å². The molecule has 0 spiro atoms. The van der Waals surface area contributed by atoms with Crippen molar-refractivity contribution in [2.75, 3.05) is 13.1 Å². The average Bonchev–Trinajstić information content (AvgIpc) is 2.75. The summed E-state index contributed by atoms with van der Waals surface area (Å²) in [6, 6.07) is 4.87. The summed E-state index contributed by atoms with van der Waals surface area (Å²) in [5.41, 5.74) is 0.675. The van der Waals surface area contributed by atoms with E-state index in [1.807, 2.05) is 0 Å². The van der Waals surface area contributed by atoms with Crippen molar-refractivity contribution in [2.24, 2.45) is 0 Å². The maximum Gasteiger partial charge on any atom is 0.243 e. The van der Waals surface area contributed by atoms with E-state index in [4.69, 9.17) is 4.74 Å². The predicted molar refractivity (Wildman–Crippen MR) is 62.6 cm³/mol. The smallest absolute Gasteiger partial charge is 0.243 e. The van der Waals surface area contributed by atoms with Gasteiger partial charge in [0.25, 0.3) is 0 Å². The quantitative estimate of drug-likeness (QED) is 0.835. The fourth-order valence-corrected chi connectivity index (χ4v) is 2.16. The highest BCUT2D eigenvalue weighted by molar-refractivity contribution is 5.84. The Balaban J connectivity index is 1.89. The topological polar surface area (TPSA) is 49.9 Å². The third kappa shape index (κ3) is 1.98. The minimum Gasteiger partial charge on any atom is -0.473 e. The highest BCUT2D eigenvalue weighted by Gasteiger charge is 2.18. The molecule has 17 heavy (non-hydrogen) atoms. The number of nitrogens with one attached hydrogen (secondary N) is 2. The first kappa shape index (κ1) is 10.5. The molecule has 0 radical (unpaired) electrons. The lowest BCUT2D eigenvalue weighted by Gasteiger charge is -2.22. The summed E-state index contributed by atoms with van der Waals surface area (Å²) in [6.45, 7) is 1.88. The van der Waals surface area contributed by atoms with Crippen LogP contribution in [0.5, 0.6) is 5.88 Å². The summed E-state index contributed by atoms with van der Waals surface area (Å²) < 4.78 is 19.4. The molecular formula is C12H14FN3O. The molecule has 1 aromatic heterocycles. The molecule has 1 aliphatic heterocycles. The van der Waals surface area contributed by atoms with Gasteiger partial charge in [0.05, 0.1) is 10.9 Å². The van der Waals surface area contributed by atoms with E-state index in [2.05, 4.69) is 15.5 Å². The van der Waals surface area contributed by atoms with Crippen LogP contribution < -0.4 is 10.1 Å². The van der Waals surface area contributed by atoms with Gasteiger partial charge in [-0.15, -0.1) is 5.10 Å². The number of nitrogens with zero attached hydrogens (tertiary/aromatic N) is 1. The van der Waals surface area contributed by atoms with Gasteiger partial charge in [0, 0.05) is 0 Å². The van der Waals surface area contributed by atoms with Crippen molar-refractivity contribution < 1.29 is 9.13 Å². The van der Waals surface area contributed by atoms with Crippen LogP contribution in [0.25, 0.3) is 10.9 Å². The number of piperidine rings is 1. The molecule has 5 heteroatoms. The zero-order chi connectivity index (χ0) is 11.7. The number of hydrogen-bond acceptors (Lipinski definition) is 3. The van der Waals surface area contributed by atoms with Crippen LogP contribution in [-0.4, -0.2) is 29.4 Å². The van der Waals surface area contributed by atoms with Gasteiger partial charge in [-0.25, -0.2) is 4.39 Å². The van der Waals surface area contributed by atoms with E-state index in [0.29, 0.717) is 16.8 Å². The van der Waals surface area contributed by atoms with E-state index in [-0.39, 0.29) is 11.9 Å². The highest BCUT2D eigenvalue weighted by Crippen LogP contribution is 2.27. The number of fused-ring (bicyclic) bond motifs is 1. The maximum absolute atomic E-state index is 13.7. The minimum absolute atomic E-state index is 0.127. The van der Waals surface area contributed by atoms with Gasteiger partial charge >= 0.3 is 0 Å². The normalized spacial score (nSPS) is 17.5. The molecule has 4 nitrogen and oxygen atoms in total. The van der Waals surface area contributed by atoms with Crippen LogP contribution in [0.15, 0.2) is 18.2 Å².